The second-order valence-corrected chi connectivity index (χ2v) is 5.74. The topological polar surface area (TPSA) is 123 Å². The van der Waals surface area contributed by atoms with E-state index in [1.165, 1.54) is 24.3 Å². The van der Waals surface area contributed by atoms with Crippen molar-refractivity contribution in [3.8, 4) is 5.75 Å². The molecule has 0 saturated heterocycles. The van der Waals surface area contributed by atoms with E-state index in [0.717, 1.165) is 5.56 Å². The van der Waals surface area contributed by atoms with Gasteiger partial charge in [0, 0.05) is 6.07 Å². The minimum Gasteiger partial charge on any atom is -0.484 e. The Morgan fingerprint density at radius 1 is 1.11 bits per heavy atom. The number of para-hydroxylation sites is 1. The fourth-order valence-electron chi connectivity index (χ4n) is 1.98. The molecule has 0 aliphatic rings. The van der Waals surface area contributed by atoms with Gasteiger partial charge in [0.05, 0.1) is 4.92 Å². The van der Waals surface area contributed by atoms with Crippen LogP contribution in [0, 0.1) is 17.0 Å². The maximum absolute atomic E-state index is 12.0. The lowest BCUT2D eigenvalue weighted by atomic mass is 10.2. The van der Waals surface area contributed by atoms with E-state index in [9.17, 15) is 19.7 Å². The van der Waals surface area contributed by atoms with E-state index in [0.29, 0.717) is 5.75 Å². The van der Waals surface area contributed by atoms with Crippen molar-refractivity contribution in [2.24, 2.45) is 0 Å². The van der Waals surface area contributed by atoms with Gasteiger partial charge in [-0.2, -0.15) is 0 Å². The number of amides is 2. The Morgan fingerprint density at radius 3 is 2.44 bits per heavy atom. The molecule has 0 fully saturated rings. The summed E-state index contributed by atoms with van der Waals surface area (Å²) in [6, 6.07) is 12.6. The third-order valence-electron chi connectivity index (χ3n) is 3.28. The summed E-state index contributed by atoms with van der Waals surface area (Å²) in [5.41, 5.74) is 5.06. The van der Waals surface area contributed by atoms with Crippen molar-refractivity contribution in [1.29, 1.82) is 0 Å². The lowest BCUT2D eigenvalue weighted by Gasteiger charge is -2.11. The van der Waals surface area contributed by atoms with Gasteiger partial charge in [-0.05, 0) is 37.3 Å². The van der Waals surface area contributed by atoms with Gasteiger partial charge in [0.1, 0.15) is 11.3 Å². The van der Waals surface area contributed by atoms with Gasteiger partial charge in [0.25, 0.3) is 17.5 Å². The molecule has 0 aromatic heterocycles. The van der Waals surface area contributed by atoms with E-state index in [1.807, 2.05) is 19.1 Å². The molecule has 0 heterocycles. The van der Waals surface area contributed by atoms with Crippen LogP contribution in [0.5, 0.6) is 5.75 Å². The maximum Gasteiger partial charge on any atom is 0.282 e. The highest BCUT2D eigenvalue weighted by Gasteiger charge is 2.19. The number of nitro benzene ring substituents is 1. The fraction of sp³-hybridized carbons (Fsp3) is 0.118. The van der Waals surface area contributed by atoms with Crippen molar-refractivity contribution in [2.45, 2.75) is 6.92 Å². The molecular formula is C17H16N4O5S. The molecule has 0 aliphatic heterocycles. The normalized spacial score (nSPS) is 9.81. The van der Waals surface area contributed by atoms with Crippen molar-refractivity contribution in [3.63, 3.8) is 0 Å². The third-order valence-corrected chi connectivity index (χ3v) is 3.48. The minimum absolute atomic E-state index is 0.146. The van der Waals surface area contributed by atoms with Crippen LogP contribution in [-0.4, -0.2) is 28.5 Å². The molecular weight excluding hydrogens is 372 g/mol. The number of nitro groups is 1. The molecule has 3 N–H and O–H groups in total. The van der Waals surface area contributed by atoms with Gasteiger partial charge in [-0.1, -0.05) is 29.8 Å². The standard InChI is InChI=1S/C17H16N4O5S/c1-11-6-8-12(9-7-11)26-10-15(22)18-17(27)20-19-16(23)13-4-2-3-5-14(13)21(24)25/h2-9H,10H2,1H3,(H,19,23)(H2,18,20,22,27). The number of rotatable bonds is 5. The molecule has 2 aromatic carbocycles. The van der Waals surface area contributed by atoms with E-state index in [2.05, 4.69) is 16.2 Å². The molecule has 2 amide bonds. The summed E-state index contributed by atoms with van der Waals surface area (Å²) in [6.07, 6.45) is 0. The average molecular weight is 388 g/mol. The molecule has 0 atom stereocenters. The van der Waals surface area contributed by atoms with E-state index >= 15 is 0 Å². The third kappa shape index (κ3) is 6.04. The molecule has 0 saturated carbocycles. The molecule has 10 heteroatoms. The number of nitrogens with zero attached hydrogens (tertiary/aromatic N) is 1. The predicted molar refractivity (Wildman–Crippen MR) is 101 cm³/mol. The molecule has 2 rings (SSSR count). The van der Waals surface area contributed by atoms with Gasteiger partial charge < -0.3 is 4.74 Å². The SMILES string of the molecule is Cc1ccc(OCC(=O)NC(=S)NNC(=O)c2ccccc2[N+](=O)[O-])cc1. The number of ether oxygens (including phenoxy) is 1. The first-order chi connectivity index (χ1) is 12.9. The van der Waals surface area contributed by atoms with Crippen LogP contribution in [0.25, 0.3) is 0 Å². The first-order valence-electron chi connectivity index (χ1n) is 7.70. The summed E-state index contributed by atoms with van der Waals surface area (Å²) in [7, 11) is 0. The maximum atomic E-state index is 12.0. The van der Waals surface area contributed by atoms with Gasteiger partial charge in [0.15, 0.2) is 11.7 Å². The molecule has 2 aromatic rings. The Kier molecular flexibility index (Phi) is 6.78. The predicted octanol–water partition coefficient (Wildman–Crippen LogP) is 1.62. The first-order valence-corrected chi connectivity index (χ1v) is 8.10. The number of carbonyl (C=O) groups excluding carboxylic acids is 2. The zero-order chi connectivity index (χ0) is 19.8. The lowest BCUT2D eigenvalue weighted by molar-refractivity contribution is -0.385. The van der Waals surface area contributed by atoms with Gasteiger partial charge >= 0.3 is 0 Å². The van der Waals surface area contributed by atoms with Crippen LogP contribution in [0.1, 0.15) is 15.9 Å². The van der Waals surface area contributed by atoms with E-state index in [1.54, 1.807) is 12.1 Å². The summed E-state index contributed by atoms with van der Waals surface area (Å²) in [4.78, 5) is 34.1. The molecule has 27 heavy (non-hydrogen) atoms. The number of aryl methyl sites for hydroxylation is 1. The van der Waals surface area contributed by atoms with Gasteiger partial charge in [-0.3, -0.25) is 35.9 Å². The summed E-state index contributed by atoms with van der Waals surface area (Å²) >= 11 is 4.88. The van der Waals surface area contributed by atoms with Crippen LogP contribution in [0.2, 0.25) is 0 Å². The monoisotopic (exact) mass is 388 g/mol. The van der Waals surface area contributed by atoms with Gasteiger partial charge in [0.2, 0.25) is 0 Å². The van der Waals surface area contributed by atoms with E-state index in [-0.39, 0.29) is 23.0 Å². The van der Waals surface area contributed by atoms with Crippen LogP contribution >= 0.6 is 12.2 Å². The van der Waals surface area contributed by atoms with Gasteiger partial charge in [-0.15, -0.1) is 0 Å². The van der Waals surface area contributed by atoms with Crippen molar-refractivity contribution < 1.29 is 19.2 Å². The highest BCUT2D eigenvalue weighted by Crippen LogP contribution is 2.16. The zero-order valence-electron chi connectivity index (χ0n) is 14.2. The minimum atomic E-state index is -0.769. The Morgan fingerprint density at radius 2 is 1.78 bits per heavy atom. The van der Waals surface area contributed by atoms with Gasteiger partial charge in [-0.25, -0.2) is 0 Å². The number of hydrazine groups is 1. The largest absolute Gasteiger partial charge is 0.484 e. The molecule has 9 nitrogen and oxygen atoms in total. The first kappa shape index (κ1) is 19.8. The number of thiocarbonyl (C=S) groups is 1. The van der Waals surface area contributed by atoms with Crippen LogP contribution < -0.4 is 20.9 Å². The molecule has 0 unspecified atom stereocenters. The Balaban J connectivity index is 1.80. The second kappa shape index (κ2) is 9.25. The number of hydrogen-bond donors (Lipinski definition) is 3. The lowest BCUT2D eigenvalue weighted by Crippen LogP contribution is -2.49. The van der Waals surface area contributed by atoms with E-state index < -0.39 is 16.7 Å². The van der Waals surface area contributed by atoms with Crippen molar-refractivity contribution in [1.82, 2.24) is 16.2 Å². The highest BCUT2D eigenvalue weighted by atomic mass is 32.1. The Labute approximate surface area is 159 Å². The Bertz CT molecular complexity index is 870. The number of carbonyl (C=O) groups is 2. The van der Waals surface area contributed by atoms with Crippen LogP contribution in [0.15, 0.2) is 48.5 Å². The quantitative estimate of drug-likeness (QED) is 0.404. The number of nitrogens with one attached hydrogen (secondary N) is 3. The molecule has 0 aliphatic carbocycles. The summed E-state index contributed by atoms with van der Waals surface area (Å²) in [5.74, 6) is -0.776. The average Bonchev–Trinajstić information content (AvgIpc) is 2.65. The van der Waals surface area contributed by atoms with E-state index in [4.69, 9.17) is 17.0 Å². The van der Waals surface area contributed by atoms with Crippen molar-refractivity contribution in [2.75, 3.05) is 6.61 Å². The second-order valence-electron chi connectivity index (χ2n) is 5.33. The molecule has 140 valence electrons. The Hall–Kier alpha value is -3.53. The van der Waals surface area contributed by atoms with Crippen LogP contribution in [0.3, 0.4) is 0 Å². The van der Waals surface area contributed by atoms with Crippen LogP contribution in [-0.2, 0) is 4.79 Å². The van der Waals surface area contributed by atoms with Crippen molar-refractivity contribution >= 4 is 34.8 Å². The highest BCUT2D eigenvalue weighted by molar-refractivity contribution is 7.80. The molecule has 0 spiro atoms. The molecule has 0 bridgehead atoms. The zero-order valence-corrected chi connectivity index (χ0v) is 15.0. The summed E-state index contributed by atoms with van der Waals surface area (Å²) in [6.45, 7) is 1.65. The smallest absolute Gasteiger partial charge is 0.282 e. The van der Waals surface area contributed by atoms with Crippen molar-refractivity contribution in [3.05, 3.63) is 69.8 Å². The number of benzene rings is 2. The molecule has 0 radical (unpaired) electrons. The summed E-state index contributed by atoms with van der Waals surface area (Å²) < 4.78 is 5.30. The number of hydrogen-bond acceptors (Lipinski definition) is 6. The van der Waals surface area contributed by atoms with Crippen LogP contribution in [0.4, 0.5) is 5.69 Å². The fourth-order valence-corrected chi connectivity index (χ4v) is 2.15. The summed E-state index contributed by atoms with van der Waals surface area (Å²) in [5, 5.41) is 13.1.